The number of amides is 1. The zero-order valence-corrected chi connectivity index (χ0v) is 8.90. The Morgan fingerprint density at radius 2 is 2.50 bits per heavy atom. The predicted octanol–water partition coefficient (Wildman–Crippen LogP) is 1.01. The average molecular weight is 219 g/mol. The van der Waals surface area contributed by atoms with Crippen LogP contribution in [0.15, 0.2) is 24.8 Å². The van der Waals surface area contributed by atoms with Gasteiger partial charge in [0, 0.05) is 18.6 Å². The number of imidazole rings is 1. The standard InChI is InChI=1S/C10H13N5O/c1-2-8(9-11-3-4-12-9)15-10(16)7-5-13-14-6-7/h3-6,8H,2H2,1H3,(H,11,12)(H,13,14)(H,15,16). The fourth-order valence-electron chi connectivity index (χ4n) is 1.45. The highest BCUT2D eigenvalue weighted by atomic mass is 16.1. The molecular weight excluding hydrogens is 206 g/mol. The highest BCUT2D eigenvalue weighted by molar-refractivity contribution is 5.93. The lowest BCUT2D eigenvalue weighted by Gasteiger charge is -2.13. The lowest BCUT2D eigenvalue weighted by atomic mass is 10.2. The van der Waals surface area contributed by atoms with Gasteiger partial charge in [-0.3, -0.25) is 9.89 Å². The first-order chi connectivity index (χ1) is 7.81. The van der Waals surface area contributed by atoms with E-state index < -0.39 is 0 Å². The molecule has 1 atom stereocenters. The maximum atomic E-state index is 11.8. The number of nitrogens with one attached hydrogen (secondary N) is 3. The highest BCUT2D eigenvalue weighted by Crippen LogP contribution is 2.12. The van der Waals surface area contributed by atoms with E-state index in [0.29, 0.717) is 5.56 Å². The number of hydrogen-bond acceptors (Lipinski definition) is 3. The number of nitrogens with zero attached hydrogens (tertiary/aromatic N) is 2. The molecule has 2 rings (SSSR count). The van der Waals surface area contributed by atoms with Gasteiger partial charge >= 0.3 is 0 Å². The van der Waals surface area contributed by atoms with Crippen molar-refractivity contribution in [1.82, 2.24) is 25.5 Å². The molecule has 0 saturated carbocycles. The van der Waals surface area contributed by atoms with E-state index in [9.17, 15) is 4.79 Å². The van der Waals surface area contributed by atoms with Crippen LogP contribution in [0.2, 0.25) is 0 Å². The van der Waals surface area contributed by atoms with Gasteiger partial charge in [-0.05, 0) is 6.42 Å². The van der Waals surface area contributed by atoms with Gasteiger partial charge in [-0.25, -0.2) is 4.98 Å². The molecule has 16 heavy (non-hydrogen) atoms. The normalized spacial score (nSPS) is 12.3. The van der Waals surface area contributed by atoms with Gasteiger partial charge < -0.3 is 10.3 Å². The van der Waals surface area contributed by atoms with Gasteiger partial charge in [-0.2, -0.15) is 5.10 Å². The van der Waals surface area contributed by atoms with Crippen LogP contribution in [0, 0.1) is 0 Å². The van der Waals surface area contributed by atoms with Crippen LogP contribution in [0.1, 0.15) is 35.6 Å². The third kappa shape index (κ3) is 2.10. The molecule has 6 heteroatoms. The van der Waals surface area contributed by atoms with Gasteiger partial charge in [0.2, 0.25) is 0 Å². The summed E-state index contributed by atoms with van der Waals surface area (Å²) in [6, 6.07) is -0.0996. The molecule has 2 aromatic rings. The number of hydrogen-bond donors (Lipinski definition) is 3. The summed E-state index contributed by atoms with van der Waals surface area (Å²) < 4.78 is 0. The average Bonchev–Trinajstić information content (AvgIpc) is 2.96. The van der Waals surface area contributed by atoms with E-state index in [1.807, 2.05) is 6.92 Å². The molecule has 0 bridgehead atoms. The predicted molar refractivity (Wildman–Crippen MR) is 57.7 cm³/mol. The van der Waals surface area contributed by atoms with Gasteiger partial charge in [0.15, 0.2) is 0 Å². The van der Waals surface area contributed by atoms with Crippen molar-refractivity contribution in [3.8, 4) is 0 Å². The van der Waals surface area contributed by atoms with E-state index in [-0.39, 0.29) is 11.9 Å². The number of aromatic nitrogens is 4. The first kappa shape index (κ1) is 10.4. The molecule has 2 heterocycles. The minimum atomic E-state index is -0.156. The zero-order chi connectivity index (χ0) is 11.4. The minimum absolute atomic E-state index is 0.0996. The minimum Gasteiger partial charge on any atom is -0.347 e. The number of rotatable bonds is 4. The molecular formula is C10H13N5O. The SMILES string of the molecule is CCC(NC(=O)c1cn[nH]c1)c1ncc[nH]1. The van der Waals surface area contributed by atoms with Crippen molar-refractivity contribution in [1.29, 1.82) is 0 Å². The van der Waals surface area contributed by atoms with Gasteiger partial charge in [0.1, 0.15) is 5.82 Å². The van der Waals surface area contributed by atoms with Crippen molar-refractivity contribution in [2.24, 2.45) is 0 Å². The van der Waals surface area contributed by atoms with E-state index in [1.54, 1.807) is 18.6 Å². The zero-order valence-electron chi connectivity index (χ0n) is 8.90. The van der Waals surface area contributed by atoms with Crippen molar-refractivity contribution < 1.29 is 4.79 Å². The smallest absolute Gasteiger partial charge is 0.255 e. The fourth-order valence-corrected chi connectivity index (χ4v) is 1.45. The molecule has 2 aromatic heterocycles. The lowest BCUT2D eigenvalue weighted by Crippen LogP contribution is -2.28. The molecule has 3 N–H and O–H groups in total. The van der Waals surface area contributed by atoms with Crippen molar-refractivity contribution in [2.75, 3.05) is 0 Å². The molecule has 0 fully saturated rings. The van der Waals surface area contributed by atoms with Crippen LogP contribution in [0.5, 0.6) is 0 Å². The second-order valence-electron chi connectivity index (χ2n) is 3.40. The Hall–Kier alpha value is -2.11. The Morgan fingerprint density at radius 3 is 3.06 bits per heavy atom. The Labute approximate surface area is 92.5 Å². The molecule has 0 saturated heterocycles. The van der Waals surface area contributed by atoms with Crippen LogP contribution in [0.4, 0.5) is 0 Å². The molecule has 84 valence electrons. The van der Waals surface area contributed by atoms with Crippen LogP contribution in [0.25, 0.3) is 0 Å². The van der Waals surface area contributed by atoms with Crippen molar-refractivity contribution in [2.45, 2.75) is 19.4 Å². The Bertz CT molecular complexity index is 434. The van der Waals surface area contributed by atoms with E-state index in [2.05, 4.69) is 25.5 Å². The number of H-pyrrole nitrogens is 2. The van der Waals surface area contributed by atoms with Crippen LogP contribution in [0.3, 0.4) is 0 Å². The first-order valence-corrected chi connectivity index (χ1v) is 5.10. The summed E-state index contributed by atoms with van der Waals surface area (Å²) in [7, 11) is 0. The Balaban J connectivity index is 2.05. The molecule has 6 nitrogen and oxygen atoms in total. The maximum Gasteiger partial charge on any atom is 0.255 e. The number of aromatic amines is 2. The van der Waals surface area contributed by atoms with E-state index in [4.69, 9.17) is 0 Å². The van der Waals surface area contributed by atoms with E-state index >= 15 is 0 Å². The third-order valence-corrected chi connectivity index (χ3v) is 2.32. The quantitative estimate of drug-likeness (QED) is 0.717. The van der Waals surface area contributed by atoms with Gasteiger partial charge in [-0.1, -0.05) is 6.92 Å². The summed E-state index contributed by atoms with van der Waals surface area (Å²) in [5.74, 6) is 0.608. The maximum absolute atomic E-state index is 11.8. The Kier molecular flexibility index (Phi) is 3.00. The Morgan fingerprint density at radius 1 is 1.62 bits per heavy atom. The summed E-state index contributed by atoms with van der Waals surface area (Å²) in [5, 5.41) is 9.21. The fraction of sp³-hybridized carbons (Fsp3) is 0.300. The molecule has 1 amide bonds. The number of carbonyl (C=O) groups excluding carboxylic acids is 1. The van der Waals surface area contributed by atoms with E-state index in [1.165, 1.54) is 6.20 Å². The molecule has 0 radical (unpaired) electrons. The third-order valence-electron chi connectivity index (χ3n) is 2.32. The van der Waals surface area contributed by atoms with Crippen LogP contribution >= 0.6 is 0 Å². The van der Waals surface area contributed by atoms with Crippen molar-refractivity contribution in [3.05, 3.63) is 36.2 Å². The van der Waals surface area contributed by atoms with Gasteiger partial charge in [0.05, 0.1) is 17.8 Å². The largest absolute Gasteiger partial charge is 0.347 e. The van der Waals surface area contributed by atoms with E-state index in [0.717, 1.165) is 12.2 Å². The molecule has 0 spiro atoms. The van der Waals surface area contributed by atoms with Crippen molar-refractivity contribution in [3.63, 3.8) is 0 Å². The van der Waals surface area contributed by atoms with Crippen LogP contribution in [-0.2, 0) is 0 Å². The molecule has 0 aliphatic rings. The summed E-state index contributed by atoms with van der Waals surface area (Å²) in [5.41, 5.74) is 0.519. The van der Waals surface area contributed by atoms with Crippen molar-refractivity contribution >= 4 is 5.91 Å². The lowest BCUT2D eigenvalue weighted by molar-refractivity contribution is 0.0934. The molecule has 0 aliphatic heterocycles. The van der Waals surface area contributed by atoms with Crippen LogP contribution < -0.4 is 5.32 Å². The summed E-state index contributed by atoms with van der Waals surface area (Å²) in [6.07, 6.45) is 7.23. The first-order valence-electron chi connectivity index (χ1n) is 5.10. The van der Waals surface area contributed by atoms with Gasteiger partial charge in [-0.15, -0.1) is 0 Å². The van der Waals surface area contributed by atoms with Crippen LogP contribution in [-0.4, -0.2) is 26.1 Å². The topological polar surface area (TPSA) is 86.5 Å². The molecule has 0 aliphatic carbocycles. The highest BCUT2D eigenvalue weighted by Gasteiger charge is 2.16. The summed E-state index contributed by atoms with van der Waals surface area (Å²) >= 11 is 0. The second-order valence-corrected chi connectivity index (χ2v) is 3.40. The molecule has 1 unspecified atom stereocenters. The second kappa shape index (κ2) is 4.61. The monoisotopic (exact) mass is 219 g/mol. The summed E-state index contributed by atoms with van der Waals surface area (Å²) in [4.78, 5) is 18.9. The number of carbonyl (C=O) groups is 1. The summed E-state index contributed by atoms with van der Waals surface area (Å²) in [6.45, 7) is 1.99. The van der Waals surface area contributed by atoms with Gasteiger partial charge in [0.25, 0.3) is 5.91 Å². The molecule has 0 aromatic carbocycles.